The Balaban J connectivity index is 2.20. The van der Waals surface area contributed by atoms with E-state index in [4.69, 9.17) is 16.3 Å². The normalized spacial score (nSPS) is 12.3. The summed E-state index contributed by atoms with van der Waals surface area (Å²) in [5, 5.41) is 18.9. The van der Waals surface area contributed by atoms with Crippen molar-refractivity contribution < 1.29 is 9.53 Å². The molecule has 0 bridgehead atoms. The minimum absolute atomic E-state index is 0.0271. The summed E-state index contributed by atoms with van der Waals surface area (Å²) in [6.45, 7) is 6.92. The summed E-state index contributed by atoms with van der Waals surface area (Å²) >= 11 is 6.43. The number of nitriles is 1. The molecule has 0 saturated heterocycles. The van der Waals surface area contributed by atoms with E-state index in [-0.39, 0.29) is 16.5 Å². The number of rotatable bonds is 4. The van der Waals surface area contributed by atoms with Crippen LogP contribution < -0.4 is 0 Å². The standard InChI is InChI=1S/C21H21ClN6O2/c1-13-17(19(22)27(5)25-13)18(30-20(29)21(2,3)4)14(12-23)15-9-11-28(26-15)16-8-6-7-10-24-16/h6-11H,1-5H3. The van der Waals surface area contributed by atoms with Crippen molar-refractivity contribution in [2.45, 2.75) is 27.7 Å². The first kappa shape index (κ1) is 21.3. The molecule has 3 aromatic heterocycles. The Morgan fingerprint density at radius 1 is 1.23 bits per heavy atom. The van der Waals surface area contributed by atoms with Crippen LogP contribution in [-0.4, -0.2) is 30.5 Å². The van der Waals surface area contributed by atoms with Gasteiger partial charge in [0.2, 0.25) is 0 Å². The summed E-state index contributed by atoms with van der Waals surface area (Å²) < 4.78 is 8.71. The van der Waals surface area contributed by atoms with Gasteiger partial charge >= 0.3 is 5.97 Å². The first-order valence-electron chi connectivity index (χ1n) is 9.17. The van der Waals surface area contributed by atoms with E-state index in [0.717, 1.165) is 0 Å². The number of allylic oxidation sites excluding steroid dienone is 1. The second-order valence-corrected chi connectivity index (χ2v) is 8.02. The molecule has 0 saturated carbocycles. The van der Waals surface area contributed by atoms with Crippen LogP contribution in [0.2, 0.25) is 5.15 Å². The fourth-order valence-corrected chi connectivity index (χ4v) is 2.92. The van der Waals surface area contributed by atoms with Crippen molar-refractivity contribution in [3.8, 4) is 11.9 Å². The molecule has 3 aromatic rings. The molecule has 0 amide bonds. The van der Waals surface area contributed by atoms with Gasteiger partial charge in [0.25, 0.3) is 0 Å². The molecule has 154 valence electrons. The van der Waals surface area contributed by atoms with Gasteiger partial charge in [-0.25, -0.2) is 9.67 Å². The van der Waals surface area contributed by atoms with E-state index in [1.54, 1.807) is 65.3 Å². The number of aryl methyl sites for hydroxylation is 2. The molecule has 0 unspecified atom stereocenters. The highest BCUT2D eigenvalue weighted by molar-refractivity contribution is 6.31. The summed E-state index contributed by atoms with van der Waals surface area (Å²) in [7, 11) is 1.67. The van der Waals surface area contributed by atoms with Crippen LogP contribution in [0.5, 0.6) is 0 Å². The number of pyridine rings is 1. The number of ether oxygens (including phenoxy) is 1. The Kier molecular flexibility index (Phi) is 5.76. The molecule has 0 aliphatic heterocycles. The average molecular weight is 425 g/mol. The molecule has 0 spiro atoms. The van der Waals surface area contributed by atoms with E-state index in [1.165, 1.54) is 9.36 Å². The molecule has 0 aliphatic carbocycles. The molecule has 3 rings (SSSR count). The van der Waals surface area contributed by atoms with E-state index < -0.39 is 11.4 Å². The Labute approximate surface area is 179 Å². The SMILES string of the molecule is Cc1nn(C)c(Cl)c1C(OC(=O)C(C)(C)C)=C(C#N)c1ccn(-c2ccccn2)n1. The maximum Gasteiger partial charge on any atom is 0.316 e. The van der Waals surface area contributed by atoms with Crippen LogP contribution >= 0.6 is 11.6 Å². The summed E-state index contributed by atoms with van der Waals surface area (Å²) in [5.74, 6) is 0.109. The van der Waals surface area contributed by atoms with Crippen LogP contribution in [0.25, 0.3) is 17.2 Å². The summed E-state index contributed by atoms with van der Waals surface area (Å²) in [5.41, 5.74) is 0.498. The van der Waals surface area contributed by atoms with Crippen molar-refractivity contribution in [2.75, 3.05) is 0 Å². The number of aromatic nitrogens is 5. The maximum absolute atomic E-state index is 12.7. The highest BCUT2D eigenvalue weighted by atomic mass is 35.5. The predicted octanol–water partition coefficient (Wildman–Crippen LogP) is 3.94. The van der Waals surface area contributed by atoms with E-state index in [0.29, 0.717) is 22.8 Å². The monoisotopic (exact) mass is 424 g/mol. The summed E-state index contributed by atoms with van der Waals surface area (Å²) in [4.78, 5) is 16.9. The van der Waals surface area contributed by atoms with Crippen LogP contribution in [0.15, 0.2) is 36.7 Å². The Morgan fingerprint density at radius 2 is 1.97 bits per heavy atom. The second kappa shape index (κ2) is 8.13. The molecule has 0 radical (unpaired) electrons. The zero-order chi connectivity index (χ0) is 22.1. The molecule has 0 fully saturated rings. The molecular formula is C21H21ClN6O2. The van der Waals surface area contributed by atoms with E-state index in [9.17, 15) is 10.1 Å². The highest BCUT2D eigenvalue weighted by Gasteiger charge is 2.30. The molecule has 3 heterocycles. The molecule has 30 heavy (non-hydrogen) atoms. The first-order chi connectivity index (χ1) is 14.1. The Morgan fingerprint density at radius 3 is 2.50 bits per heavy atom. The number of carbonyl (C=O) groups is 1. The fraction of sp³-hybridized carbons (Fsp3) is 0.286. The predicted molar refractivity (Wildman–Crippen MR) is 112 cm³/mol. The topological polar surface area (TPSA) is 98.6 Å². The lowest BCUT2D eigenvalue weighted by atomic mass is 9.97. The lowest BCUT2D eigenvalue weighted by Gasteiger charge is -2.19. The van der Waals surface area contributed by atoms with E-state index in [1.807, 2.05) is 6.07 Å². The molecular weight excluding hydrogens is 404 g/mol. The maximum atomic E-state index is 12.7. The third-order valence-corrected chi connectivity index (χ3v) is 4.69. The molecule has 0 N–H and O–H groups in total. The van der Waals surface area contributed by atoms with Crippen molar-refractivity contribution in [1.82, 2.24) is 24.5 Å². The van der Waals surface area contributed by atoms with Gasteiger partial charge in [-0.1, -0.05) is 17.7 Å². The van der Waals surface area contributed by atoms with Crippen LogP contribution in [0.4, 0.5) is 0 Å². The fourth-order valence-electron chi connectivity index (χ4n) is 2.66. The van der Waals surface area contributed by atoms with Gasteiger partial charge in [0.1, 0.15) is 22.5 Å². The van der Waals surface area contributed by atoms with Crippen molar-refractivity contribution in [2.24, 2.45) is 12.5 Å². The van der Waals surface area contributed by atoms with Gasteiger partial charge in [-0.05, 0) is 45.9 Å². The molecule has 8 nitrogen and oxygen atoms in total. The lowest BCUT2D eigenvalue weighted by Crippen LogP contribution is -2.23. The van der Waals surface area contributed by atoms with Gasteiger partial charge in [-0.3, -0.25) is 9.48 Å². The number of hydrogen-bond donors (Lipinski definition) is 0. The van der Waals surface area contributed by atoms with Crippen LogP contribution in [0, 0.1) is 23.7 Å². The van der Waals surface area contributed by atoms with Crippen LogP contribution in [0.3, 0.4) is 0 Å². The van der Waals surface area contributed by atoms with Gasteiger partial charge < -0.3 is 4.74 Å². The van der Waals surface area contributed by atoms with Crippen molar-refractivity contribution >= 4 is 28.9 Å². The minimum atomic E-state index is -0.790. The molecule has 0 aliphatic rings. The van der Waals surface area contributed by atoms with Crippen molar-refractivity contribution in [1.29, 1.82) is 5.26 Å². The Hall–Kier alpha value is -3.44. The van der Waals surface area contributed by atoms with Gasteiger partial charge in [-0.2, -0.15) is 15.5 Å². The van der Waals surface area contributed by atoms with Gasteiger partial charge in [0.15, 0.2) is 11.6 Å². The number of halogens is 1. The Bertz CT molecular complexity index is 1160. The minimum Gasteiger partial charge on any atom is -0.424 e. The van der Waals surface area contributed by atoms with E-state index >= 15 is 0 Å². The van der Waals surface area contributed by atoms with Crippen molar-refractivity contribution in [3.63, 3.8) is 0 Å². The van der Waals surface area contributed by atoms with E-state index in [2.05, 4.69) is 21.3 Å². The lowest BCUT2D eigenvalue weighted by molar-refractivity contribution is -0.145. The number of hydrogen-bond acceptors (Lipinski definition) is 6. The molecule has 9 heteroatoms. The molecule has 0 atom stereocenters. The largest absolute Gasteiger partial charge is 0.424 e. The second-order valence-electron chi connectivity index (χ2n) is 7.66. The van der Waals surface area contributed by atoms with Gasteiger partial charge in [0, 0.05) is 19.4 Å². The zero-order valence-corrected chi connectivity index (χ0v) is 18.1. The van der Waals surface area contributed by atoms with Gasteiger partial charge in [0.05, 0.1) is 16.7 Å². The van der Waals surface area contributed by atoms with Crippen molar-refractivity contribution in [3.05, 3.63) is 58.8 Å². The van der Waals surface area contributed by atoms with Crippen LogP contribution in [-0.2, 0) is 16.6 Å². The number of nitrogens with zero attached hydrogens (tertiary/aromatic N) is 6. The third kappa shape index (κ3) is 4.11. The summed E-state index contributed by atoms with van der Waals surface area (Å²) in [6.07, 6.45) is 3.32. The average Bonchev–Trinajstić information content (AvgIpc) is 3.27. The summed E-state index contributed by atoms with van der Waals surface area (Å²) in [6, 6.07) is 9.18. The highest BCUT2D eigenvalue weighted by Crippen LogP contribution is 2.35. The number of esters is 1. The quantitative estimate of drug-likeness (QED) is 0.357. The number of carbonyl (C=O) groups excluding carboxylic acids is 1. The third-order valence-electron chi connectivity index (χ3n) is 4.25. The smallest absolute Gasteiger partial charge is 0.316 e. The van der Waals surface area contributed by atoms with Gasteiger partial charge in [-0.15, -0.1) is 0 Å². The van der Waals surface area contributed by atoms with Crippen LogP contribution in [0.1, 0.15) is 37.7 Å². The molecule has 0 aromatic carbocycles. The zero-order valence-electron chi connectivity index (χ0n) is 17.3. The first-order valence-corrected chi connectivity index (χ1v) is 9.55.